The van der Waals surface area contributed by atoms with Gasteiger partial charge in [0.15, 0.2) is 0 Å². The number of fused-ring (bicyclic) bond motifs is 3. The fourth-order valence-corrected chi connectivity index (χ4v) is 4.74. The molecule has 176 valence electrons. The van der Waals surface area contributed by atoms with E-state index < -0.39 is 0 Å². The standard InChI is InChI=1S/C26H28FN5O2/c1-6-20(16-9-7-8-10-19(16)27)30-25-24-17-12-22(33-5)18(23-13(2)32-34-14(23)3)11-21(17)31-26(24)29-15(4)28-25/h7-12,15,20,29,31H,6H2,1-5H3,(H,28,30). The summed E-state index contributed by atoms with van der Waals surface area (Å²) in [7, 11) is 1.65. The van der Waals surface area contributed by atoms with Crippen molar-refractivity contribution >= 4 is 22.6 Å². The molecule has 4 aromatic rings. The number of hydrogen-bond acceptors (Lipinski definition) is 6. The van der Waals surface area contributed by atoms with E-state index in [1.54, 1.807) is 13.2 Å². The number of hydrogen-bond donors (Lipinski definition) is 3. The fraction of sp³-hybridized carbons (Fsp3) is 0.308. The molecule has 3 N–H and O–H groups in total. The van der Waals surface area contributed by atoms with Crippen LogP contribution in [0, 0.1) is 19.7 Å². The van der Waals surface area contributed by atoms with E-state index in [9.17, 15) is 4.39 Å². The van der Waals surface area contributed by atoms with E-state index in [4.69, 9.17) is 14.3 Å². The van der Waals surface area contributed by atoms with Crippen LogP contribution >= 0.6 is 0 Å². The number of benzene rings is 2. The maximum Gasteiger partial charge on any atom is 0.141 e. The van der Waals surface area contributed by atoms with E-state index in [1.807, 2.05) is 45.9 Å². The summed E-state index contributed by atoms with van der Waals surface area (Å²) in [4.78, 5) is 8.33. The molecule has 2 unspecified atom stereocenters. The van der Waals surface area contributed by atoms with E-state index >= 15 is 0 Å². The first-order valence-corrected chi connectivity index (χ1v) is 11.4. The van der Waals surface area contributed by atoms with Crippen molar-refractivity contribution in [3.8, 4) is 16.9 Å². The Balaban J connectivity index is 1.63. The van der Waals surface area contributed by atoms with Crippen LogP contribution in [0.15, 0.2) is 45.9 Å². The molecule has 0 saturated heterocycles. The monoisotopic (exact) mass is 461 g/mol. The average molecular weight is 462 g/mol. The lowest BCUT2D eigenvalue weighted by molar-refractivity contribution is 0.393. The number of H-pyrrole nitrogens is 1. The predicted molar refractivity (Wildman–Crippen MR) is 132 cm³/mol. The Hall–Kier alpha value is -3.81. The molecule has 0 spiro atoms. The SMILES string of the molecule is CCC(NC1=NC(C)Nc2[nH]c3cc(-c4c(C)noc4C)c(OC)cc3c21)c1ccccc1F. The summed E-state index contributed by atoms with van der Waals surface area (Å²) in [6.07, 6.45) is 0.559. The number of nitrogens with one attached hydrogen (secondary N) is 3. The molecule has 2 aromatic heterocycles. The molecule has 3 heterocycles. The van der Waals surface area contributed by atoms with Crippen molar-refractivity contribution in [1.82, 2.24) is 15.5 Å². The van der Waals surface area contributed by atoms with Crippen molar-refractivity contribution in [2.45, 2.75) is 46.3 Å². The topological polar surface area (TPSA) is 87.5 Å². The molecule has 7 nitrogen and oxygen atoms in total. The summed E-state index contributed by atoms with van der Waals surface area (Å²) < 4.78 is 25.7. The summed E-state index contributed by atoms with van der Waals surface area (Å²) in [6.45, 7) is 7.82. The van der Waals surface area contributed by atoms with Gasteiger partial charge in [-0.05, 0) is 45.4 Å². The van der Waals surface area contributed by atoms with Gasteiger partial charge in [-0.3, -0.25) is 0 Å². The van der Waals surface area contributed by atoms with Gasteiger partial charge in [0.05, 0.1) is 30.0 Å². The van der Waals surface area contributed by atoms with Gasteiger partial charge in [0.25, 0.3) is 0 Å². The number of anilines is 1. The number of halogens is 1. The highest BCUT2D eigenvalue weighted by molar-refractivity contribution is 6.16. The third-order valence-corrected chi connectivity index (χ3v) is 6.33. The molecule has 5 rings (SSSR count). The Bertz CT molecular complexity index is 1380. The first-order chi connectivity index (χ1) is 16.4. The predicted octanol–water partition coefficient (Wildman–Crippen LogP) is 5.85. The Kier molecular flexibility index (Phi) is 5.51. The third-order valence-electron chi connectivity index (χ3n) is 6.33. The quantitative estimate of drug-likeness (QED) is 0.347. The maximum absolute atomic E-state index is 14.6. The zero-order valence-corrected chi connectivity index (χ0v) is 19.9. The smallest absolute Gasteiger partial charge is 0.141 e. The Morgan fingerprint density at radius 3 is 2.68 bits per heavy atom. The number of amidine groups is 1. The minimum absolute atomic E-state index is 0.148. The molecular formula is C26H28FN5O2. The molecule has 0 bridgehead atoms. The van der Waals surface area contributed by atoms with Crippen LogP contribution in [0.1, 0.15) is 48.9 Å². The number of aryl methyl sites for hydroxylation is 2. The van der Waals surface area contributed by atoms with Crippen molar-refractivity contribution in [3.63, 3.8) is 0 Å². The minimum atomic E-state index is -0.227. The molecule has 2 atom stereocenters. The zero-order valence-electron chi connectivity index (χ0n) is 19.9. The number of aromatic amines is 1. The lowest BCUT2D eigenvalue weighted by atomic mass is 9.99. The molecule has 2 aromatic carbocycles. The highest BCUT2D eigenvalue weighted by Gasteiger charge is 2.27. The van der Waals surface area contributed by atoms with Gasteiger partial charge < -0.3 is 24.9 Å². The lowest BCUT2D eigenvalue weighted by Gasteiger charge is -2.26. The first kappa shape index (κ1) is 22.0. The third kappa shape index (κ3) is 3.59. The highest BCUT2D eigenvalue weighted by atomic mass is 19.1. The molecule has 0 radical (unpaired) electrons. The number of aromatic nitrogens is 2. The summed E-state index contributed by atoms with van der Waals surface area (Å²) in [5.41, 5.74) is 5.09. The summed E-state index contributed by atoms with van der Waals surface area (Å²) in [5, 5.41) is 12.0. The Labute approximate surface area is 197 Å². The number of nitrogens with zero attached hydrogens (tertiary/aromatic N) is 2. The molecule has 34 heavy (non-hydrogen) atoms. The van der Waals surface area contributed by atoms with E-state index in [0.29, 0.717) is 17.7 Å². The molecule has 0 aliphatic carbocycles. The van der Waals surface area contributed by atoms with Gasteiger partial charge in [0, 0.05) is 22.0 Å². The summed E-state index contributed by atoms with van der Waals surface area (Å²) >= 11 is 0. The lowest BCUT2D eigenvalue weighted by Crippen LogP contribution is -2.35. The maximum atomic E-state index is 14.6. The second kappa shape index (κ2) is 8.52. The normalized spacial score (nSPS) is 16.1. The fourth-order valence-electron chi connectivity index (χ4n) is 4.74. The Morgan fingerprint density at radius 1 is 1.21 bits per heavy atom. The van der Waals surface area contributed by atoms with Crippen LogP contribution in [-0.2, 0) is 0 Å². The van der Waals surface area contributed by atoms with E-state index in [2.05, 4.69) is 26.8 Å². The summed E-state index contributed by atoms with van der Waals surface area (Å²) in [5.74, 6) is 2.80. The van der Waals surface area contributed by atoms with Gasteiger partial charge in [-0.15, -0.1) is 0 Å². The van der Waals surface area contributed by atoms with Gasteiger partial charge in [-0.1, -0.05) is 30.3 Å². The largest absolute Gasteiger partial charge is 0.496 e. The van der Waals surface area contributed by atoms with E-state index in [1.165, 1.54) is 6.07 Å². The van der Waals surface area contributed by atoms with Gasteiger partial charge in [0.2, 0.25) is 0 Å². The van der Waals surface area contributed by atoms with Crippen molar-refractivity contribution in [3.05, 3.63) is 64.8 Å². The molecular weight excluding hydrogens is 433 g/mol. The van der Waals surface area contributed by atoms with E-state index in [-0.39, 0.29) is 18.0 Å². The van der Waals surface area contributed by atoms with E-state index in [0.717, 1.165) is 50.7 Å². The molecule has 0 amide bonds. The van der Waals surface area contributed by atoms with Gasteiger partial charge in [-0.2, -0.15) is 0 Å². The van der Waals surface area contributed by atoms with Crippen LogP contribution in [0.3, 0.4) is 0 Å². The van der Waals surface area contributed by atoms with Crippen molar-refractivity contribution < 1.29 is 13.7 Å². The van der Waals surface area contributed by atoms with Crippen molar-refractivity contribution in [2.75, 3.05) is 12.4 Å². The number of methoxy groups -OCH3 is 1. The second-order valence-corrected chi connectivity index (χ2v) is 8.60. The molecule has 8 heteroatoms. The van der Waals surface area contributed by atoms with Crippen LogP contribution < -0.4 is 15.4 Å². The van der Waals surface area contributed by atoms with Gasteiger partial charge in [0.1, 0.15) is 35.1 Å². The molecule has 0 saturated carbocycles. The highest BCUT2D eigenvalue weighted by Crippen LogP contribution is 2.41. The van der Waals surface area contributed by atoms with Crippen molar-refractivity contribution in [2.24, 2.45) is 4.99 Å². The van der Waals surface area contributed by atoms with Crippen LogP contribution in [-0.4, -0.2) is 29.3 Å². The van der Waals surface area contributed by atoms with Gasteiger partial charge >= 0.3 is 0 Å². The minimum Gasteiger partial charge on any atom is -0.496 e. The first-order valence-electron chi connectivity index (χ1n) is 11.4. The van der Waals surface area contributed by atoms with Crippen LogP contribution in [0.4, 0.5) is 10.2 Å². The molecule has 1 aliphatic rings. The number of ether oxygens (including phenoxy) is 1. The van der Waals surface area contributed by atoms with Gasteiger partial charge in [-0.25, -0.2) is 9.38 Å². The second-order valence-electron chi connectivity index (χ2n) is 8.60. The number of rotatable bonds is 5. The average Bonchev–Trinajstić information content (AvgIpc) is 3.34. The molecule has 1 aliphatic heterocycles. The van der Waals surface area contributed by atoms with Crippen LogP contribution in [0.2, 0.25) is 0 Å². The van der Waals surface area contributed by atoms with Crippen molar-refractivity contribution in [1.29, 1.82) is 0 Å². The Morgan fingerprint density at radius 2 is 2.00 bits per heavy atom. The molecule has 0 fully saturated rings. The summed E-state index contributed by atoms with van der Waals surface area (Å²) in [6, 6.07) is 10.7. The number of aliphatic imine (C=N–C) groups is 1. The van der Waals surface area contributed by atoms with Crippen LogP contribution in [0.5, 0.6) is 5.75 Å². The zero-order chi connectivity index (χ0) is 24.0. The van der Waals surface area contributed by atoms with Crippen LogP contribution in [0.25, 0.3) is 22.0 Å².